The van der Waals surface area contributed by atoms with Crippen molar-refractivity contribution in [2.24, 2.45) is 0 Å². The Morgan fingerprint density at radius 1 is 1.35 bits per heavy atom. The zero-order chi connectivity index (χ0) is 16.9. The maximum Gasteiger partial charge on any atom is 0.433 e. The standard InChI is InChI=1S/C15H16F3N3OS/c1-23-9-6-12(21-7-2-3-8-21)14(22)20-11-4-5-13(19-10-11)15(16,17)18/h2-5,7-8,10,12H,6,9H2,1H3,(H,20,22)/t12-/m0/s1. The Bertz CT molecular complexity index is 626. The summed E-state index contributed by atoms with van der Waals surface area (Å²) in [6.07, 6.45) is 2.67. The second-order valence-electron chi connectivity index (χ2n) is 4.85. The van der Waals surface area contributed by atoms with Gasteiger partial charge in [-0.1, -0.05) is 0 Å². The fourth-order valence-corrected chi connectivity index (χ4v) is 2.52. The van der Waals surface area contributed by atoms with Gasteiger partial charge in [0.25, 0.3) is 0 Å². The number of anilines is 1. The molecule has 2 heterocycles. The largest absolute Gasteiger partial charge is 0.433 e. The molecule has 1 N–H and O–H groups in total. The quantitative estimate of drug-likeness (QED) is 0.867. The zero-order valence-corrected chi connectivity index (χ0v) is 13.2. The van der Waals surface area contributed by atoms with Gasteiger partial charge in [0.15, 0.2) is 0 Å². The Kier molecular flexibility index (Phi) is 5.70. The molecule has 0 saturated carbocycles. The second-order valence-corrected chi connectivity index (χ2v) is 5.83. The first-order chi connectivity index (χ1) is 10.9. The van der Waals surface area contributed by atoms with Gasteiger partial charge in [-0.2, -0.15) is 24.9 Å². The highest BCUT2D eigenvalue weighted by Crippen LogP contribution is 2.28. The lowest BCUT2D eigenvalue weighted by molar-refractivity contribution is -0.141. The molecule has 23 heavy (non-hydrogen) atoms. The van der Waals surface area contributed by atoms with E-state index in [1.54, 1.807) is 28.7 Å². The Morgan fingerprint density at radius 2 is 2.04 bits per heavy atom. The molecule has 2 rings (SSSR count). The molecule has 0 bridgehead atoms. The summed E-state index contributed by atoms with van der Waals surface area (Å²) in [6, 6.07) is 5.27. The monoisotopic (exact) mass is 343 g/mol. The SMILES string of the molecule is CSCC[C@@H](C(=O)Nc1ccc(C(F)(F)F)nc1)n1cccc1. The smallest absolute Gasteiger partial charge is 0.342 e. The predicted octanol–water partition coefficient (Wildman–Crippen LogP) is 3.83. The van der Waals surface area contributed by atoms with Crippen molar-refractivity contribution >= 4 is 23.4 Å². The van der Waals surface area contributed by atoms with Crippen molar-refractivity contribution in [1.82, 2.24) is 9.55 Å². The minimum Gasteiger partial charge on any atom is -0.342 e. The van der Waals surface area contributed by atoms with Crippen LogP contribution in [0.5, 0.6) is 0 Å². The number of thioether (sulfide) groups is 1. The number of hydrogen-bond donors (Lipinski definition) is 1. The second kappa shape index (κ2) is 7.54. The van der Waals surface area contributed by atoms with E-state index in [1.165, 1.54) is 6.07 Å². The van der Waals surface area contributed by atoms with Crippen molar-refractivity contribution in [2.45, 2.75) is 18.6 Å². The first-order valence-electron chi connectivity index (χ1n) is 6.87. The first kappa shape index (κ1) is 17.4. The first-order valence-corrected chi connectivity index (χ1v) is 8.26. The van der Waals surface area contributed by atoms with E-state index in [2.05, 4.69) is 10.3 Å². The van der Waals surface area contributed by atoms with Gasteiger partial charge in [0.05, 0.1) is 11.9 Å². The molecule has 1 atom stereocenters. The summed E-state index contributed by atoms with van der Waals surface area (Å²) in [7, 11) is 0. The van der Waals surface area contributed by atoms with Gasteiger partial charge in [0, 0.05) is 12.4 Å². The maximum absolute atomic E-state index is 12.5. The number of amides is 1. The Hall–Kier alpha value is -1.96. The van der Waals surface area contributed by atoms with Crippen molar-refractivity contribution in [2.75, 3.05) is 17.3 Å². The van der Waals surface area contributed by atoms with Crippen LogP contribution in [-0.2, 0) is 11.0 Å². The van der Waals surface area contributed by atoms with Crippen LogP contribution in [0.3, 0.4) is 0 Å². The fourth-order valence-electron chi connectivity index (χ4n) is 2.06. The van der Waals surface area contributed by atoms with Crippen molar-refractivity contribution in [3.8, 4) is 0 Å². The number of alkyl halides is 3. The molecule has 0 radical (unpaired) electrons. The van der Waals surface area contributed by atoms with Crippen LogP contribution in [0.2, 0.25) is 0 Å². The van der Waals surface area contributed by atoms with Crippen LogP contribution in [0, 0.1) is 0 Å². The van der Waals surface area contributed by atoms with Crippen molar-refractivity contribution in [3.63, 3.8) is 0 Å². The lowest BCUT2D eigenvalue weighted by Gasteiger charge is -2.18. The molecular formula is C15H16F3N3OS. The van der Waals surface area contributed by atoms with Gasteiger partial charge in [0.1, 0.15) is 11.7 Å². The van der Waals surface area contributed by atoms with E-state index in [1.807, 2.05) is 18.4 Å². The average Bonchev–Trinajstić information content (AvgIpc) is 3.01. The van der Waals surface area contributed by atoms with Crippen LogP contribution < -0.4 is 5.32 Å². The van der Waals surface area contributed by atoms with E-state index in [4.69, 9.17) is 0 Å². The van der Waals surface area contributed by atoms with E-state index in [0.717, 1.165) is 18.0 Å². The highest BCUT2D eigenvalue weighted by Gasteiger charge is 2.32. The lowest BCUT2D eigenvalue weighted by atomic mass is 10.2. The van der Waals surface area contributed by atoms with Crippen molar-refractivity contribution in [3.05, 3.63) is 48.5 Å². The summed E-state index contributed by atoms with van der Waals surface area (Å²) >= 11 is 1.62. The molecule has 0 aliphatic carbocycles. The molecule has 8 heteroatoms. The molecule has 0 unspecified atom stereocenters. The highest BCUT2D eigenvalue weighted by molar-refractivity contribution is 7.98. The Morgan fingerprint density at radius 3 is 2.57 bits per heavy atom. The van der Waals surface area contributed by atoms with E-state index in [9.17, 15) is 18.0 Å². The van der Waals surface area contributed by atoms with Crippen LogP contribution in [0.25, 0.3) is 0 Å². The molecule has 0 fully saturated rings. The molecule has 124 valence electrons. The third kappa shape index (κ3) is 4.75. The number of halogens is 3. The number of aromatic nitrogens is 2. The summed E-state index contributed by atoms with van der Waals surface area (Å²) in [5, 5.41) is 2.62. The molecule has 2 aromatic heterocycles. The van der Waals surface area contributed by atoms with Gasteiger partial charge in [-0.3, -0.25) is 4.79 Å². The molecule has 2 aromatic rings. The summed E-state index contributed by atoms with van der Waals surface area (Å²) in [6.45, 7) is 0. The van der Waals surface area contributed by atoms with E-state index < -0.39 is 17.9 Å². The van der Waals surface area contributed by atoms with E-state index in [-0.39, 0.29) is 11.6 Å². The number of nitrogens with zero attached hydrogens (tertiary/aromatic N) is 2. The molecule has 1 amide bonds. The van der Waals surface area contributed by atoms with Crippen molar-refractivity contribution < 1.29 is 18.0 Å². The van der Waals surface area contributed by atoms with Crippen LogP contribution in [0.1, 0.15) is 18.2 Å². The number of carbonyl (C=O) groups is 1. The van der Waals surface area contributed by atoms with Gasteiger partial charge < -0.3 is 9.88 Å². The third-order valence-electron chi connectivity index (χ3n) is 3.21. The predicted molar refractivity (Wildman–Crippen MR) is 84.3 cm³/mol. The Balaban J connectivity index is 2.09. The van der Waals surface area contributed by atoms with Gasteiger partial charge >= 0.3 is 6.18 Å². The molecule has 0 aliphatic heterocycles. The summed E-state index contributed by atoms with van der Waals surface area (Å²) in [4.78, 5) is 15.7. The number of hydrogen-bond acceptors (Lipinski definition) is 3. The average molecular weight is 343 g/mol. The molecule has 4 nitrogen and oxygen atoms in total. The highest BCUT2D eigenvalue weighted by atomic mass is 32.2. The minimum absolute atomic E-state index is 0.240. The van der Waals surface area contributed by atoms with Gasteiger partial charge in [0.2, 0.25) is 5.91 Å². The summed E-state index contributed by atoms with van der Waals surface area (Å²) < 4.78 is 39.2. The molecule has 0 aromatic carbocycles. The number of rotatable bonds is 6. The summed E-state index contributed by atoms with van der Waals surface area (Å²) in [5.41, 5.74) is -0.746. The van der Waals surface area contributed by atoms with Crippen LogP contribution >= 0.6 is 11.8 Å². The molecular weight excluding hydrogens is 327 g/mol. The van der Waals surface area contributed by atoms with Gasteiger partial charge in [-0.25, -0.2) is 4.98 Å². The number of pyridine rings is 1. The number of carbonyl (C=O) groups excluding carboxylic acids is 1. The van der Waals surface area contributed by atoms with Crippen LogP contribution in [0.4, 0.5) is 18.9 Å². The summed E-state index contributed by atoms with van der Waals surface area (Å²) in [5.74, 6) is 0.512. The van der Waals surface area contributed by atoms with Crippen LogP contribution in [-0.4, -0.2) is 27.5 Å². The van der Waals surface area contributed by atoms with Gasteiger partial charge in [-0.15, -0.1) is 0 Å². The lowest BCUT2D eigenvalue weighted by Crippen LogP contribution is -2.26. The number of nitrogens with one attached hydrogen (secondary N) is 1. The Labute approximate surface area is 136 Å². The third-order valence-corrected chi connectivity index (χ3v) is 3.85. The molecule has 0 aliphatic rings. The van der Waals surface area contributed by atoms with Crippen LogP contribution in [0.15, 0.2) is 42.9 Å². The topological polar surface area (TPSA) is 46.9 Å². The zero-order valence-electron chi connectivity index (χ0n) is 12.4. The van der Waals surface area contributed by atoms with E-state index >= 15 is 0 Å². The maximum atomic E-state index is 12.5. The minimum atomic E-state index is -4.49. The van der Waals surface area contributed by atoms with Crippen molar-refractivity contribution in [1.29, 1.82) is 0 Å². The normalized spacial score (nSPS) is 12.9. The molecule has 0 spiro atoms. The molecule has 0 saturated heterocycles. The van der Waals surface area contributed by atoms with Gasteiger partial charge in [-0.05, 0) is 42.7 Å². The van der Waals surface area contributed by atoms with E-state index in [0.29, 0.717) is 6.42 Å². The fraction of sp³-hybridized carbons (Fsp3) is 0.333.